The zero-order valence-electron chi connectivity index (χ0n) is 16.5. The number of halogens is 1. The molecule has 1 amide bonds. The maximum Gasteiger partial charge on any atom is 0.278 e. The number of anilines is 1. The third-order valence-corrected chi connectivity index (χ3v) is 6.31. The number of morpholine rings is 1. The summed E-state index contributed by atoms with van der Waals surface area (Å²) in [7, 11) is 0. The van der Waals surface area contributed by atoms with E-state index in [0.29, 0.717) is 22.4 Å². The summed E-state index contributed by atoms with van der Waals surface area (Å²) >= 11 is 7.81. The first-order valence-electron chi connectivity index (χ1n) is 9.75. The Labute approximate surface area is 178 Å². The first-order valence-corrected chi connectivity index (χ1v) is 10.9. The van der Waals surface area contributed by atoms with E-state index < -0.39 is 0 Å². The number of thiazole rings is 1. The van der Waals surface area contributed by atoms with Gasteiger partial charge in [-0.3, -0.25) is 19.3 Å². The summed E-state index contributed by atoms with van der Waals surface area (Å²) in [6.45, 7) is 8.53. The Morgan fingerprint density at radius 3 is 2.83 bits per heavy atom. The van der Waals surface area contributed by atoms with Gasteiger partial charge in [0.25, 0.3) is 5.91 Å². The van der Waals surface area contributed by atoms with E-state index in [1.807, 2.05) is 32.0 Å². The fourth-order valence-electron chi connectivity index (χ4n) is 3.40. The quantitative estimate of drug-likeness (QED) is 0.593. The topological polar surface area (TPSA) is 63.5 Å². The molecule has 2 aromatic heterocycles. The highest BCUT2D eigenvalue weighted by atomic mass is 35.5. The SMILES string of the molecule is CC(C)n1nccc1C(=O)N(CCN1CCOCC1)c1nc2c(Cl)cccc2s1. The molecule has 3 aromatic rings. The maximum absolute atomic E-state index is 13.5. The normalized spacial score (nSPS) is 15.3. The number of aromatic nitrogens is 3. The van der Waals surface area contributed by atoms with Crippen LogP contribution in [-0.4, -0.2) is 65.0 Å². The number of fused-ring (bicyclic) bond motifs is 1. The van der Waals surface area contributed by atoms with Gasteiger partial charge in [-0.25, -0.2) is 4.98 Å². The van der Waals surface area contributed by atoms with Crippen molar-refractivity contribution in [1.29, 1.82) is 0 Å². The second-order valence-electron chi connectivity index (χ2n) is 7.25. The Kier molecular flexibility index (Phi) is 6.15. The van der Waals surface area contributed by atoms with Crippen molar-refractivity contribution in [1.82, 2.24) is 19.7 Å². The molecule has 1 aromatic carbocycles. The molecule has 154 valence electrons. The number of benzene rings is 1. The lowest BCUT2D eigenvalue weighted by atomic mass is 10.3. The second-order valence-corrected chi connectivity index (χ2v) is 8.66. The Morgan fingerprint density at radius 1 is 1.31 bits per heavy atom. The summed E-state index contributed by atoms with van der Waals surface area (Å²) < 4.78 is 8.15. The Balaban J connectivity index is 1.66. The van der Waals surface area contributed by atoms with E-state index in [1.165, 1.54) is 11.3 Å². The summed E-state index contributed by atoms with van der Waals surface area (Å²) in [6, 6.07) is 7.56. The number of rotatable bonds is 6. The number of carbonyl (C=O) groups excluding carboxylic acids is 1. The van der Waals surface area contributed by atoms with Crippen molar-refractivity contribution >= 4 is 44.2 Å². The van der Waals surface area contributed by atoms with Gasteiger partial charge in [0.05, 0.1) is 22.9 Å². The molecule has 0 N–H and O–H groups in total. The van der Waals surface area contributed by atoms with Gasteiger partial charge < -0.3 is 4.74 Å². The van der Waals surface area contributed by atoms with E-state index in [2.05, 4.69) is 10.00 Å². The molecule has 9 heteroatoms. The number of hydrogen-bond donors (Lipinski definition) is 0. The van der Waals surface area contributed by atoms with Crippen LogP contribution in [0.3, 0.4) is 0 Å². The Hall–Kier alpha value is -2.00. The van der Waals surface area contributed by atoms with E-state index in [-0.39, 0.29) is 11.9 Å². The molecule has 1 aliphatic rings. The van der Waals surface area contributed by atoms with E-state index in [9.17, 15) is 4.79 Å². The lowest BCUT2D eigenvalue weighted by molar-refractivity contribution is 0.0391. The van der Waals surface area contributed by atoms with E-state index in [4.69, 9.17) is 21.3 Å². The molecular formula is C20H24ClN5O2S. The van der Waals surface area contributed by atoms with Gasteiger partial charge in [0.1, 0.15) is 11.2 Å². The number of carbonyl (C=O) groups is 1. The number of ether oxygens (including phenoxy) is 1. The lowest BCUT2D eigenvalue weighted by Gasteiger charge is -2.29. The Bertz CT molecular complexity index is 996. The molecular weight excluding hydrogens is 410 g/mol. The van der Waals surface area contributed by atoms with Crippen LogP contribution >= 0.6 is 22.9 Å². The summed E-state index contributed by atoms with van der Waals surface area (Å²) in [5, 5.41) is 5.57. The number of hydrogen-bond acceptors (Lipinski definition) is 6. The van der Waals surface area contributed by atoms with Gasteiger partial charge in [-0.05, 0) is 32.0 Å². The van der Waals surface area contributed by atoms with Crippen LogP contribution in [0.1, 0.15) is 30.4 Å². The van der Waals surface area contributed by atoms with Crippen molar-refractivity contribution in [3.05, 3.63) is 41.2 Å². The molecule has 29 heavy (non-hydrogen) atoms. The summed E-state index contributed by atoms with van der Waals surface area (Å²) in [5.41, 5.74) is 1.29. The van der Waals surface area contributed by atoms with Gasteiger partial charge in [-0.2, -0.15) is 5.10 Å². The molecule has 0 saturated carbocycles. The van der Waals surface area contributed by atoms with Gasteiger partial charge in [-0.15, -0.1) is 0 Å². The van der Waals surface area contributed by atoms with E-state index >= 15 is 0 Å². The third-order valence-electron chi connectivity index (χ3n) is 4.96. The highest BCUT2D eigenvalue weighted by Crippen LogP contribution is 2.33. The van der Waals surface area contributed by atoms with Crippen LogP contribution in [0.2, 0.25) is 5.02 Å². The Morgan fingerprint density at radius 2 is 2.10 bits per heavy atom. The lowest BCUT2D eigenvalue weighted by Crippen LogP contribution is -2.43. The van der Waals surface area contributed by atoms with Crippen molar-refractivity contribution < 1.29 is 9.53 Å². The van der Waals surface area contributed by atoms with Crippen LogP contribution < -0.4 is 4.90 Å². The number of para-hydroxylation sites is 1. The summed E-state index contributed by atoms with van der Waals surface area (Å²) in [6.07, 6.45) is 1.67. The molecule has 0 bridgehead atoms. The van der Waals surface area contributed by atoms with Crippen LogP contribution in [0, 0.1) is 0 Å². The molecule has 0 spiro atoms. The minimum absolute atomic E-state index is 0.0925. The molecule has 7 nitrogen and oxygen atoms in total. The summed E-state index contributed by atoms with van der Waals surface area (Å²) in [5.74, 6) is -0.0976. The van der Waals surface area contributed by atoms with Crippen LogP contribution in [0.25, 0.3) is 10.2 Å². The first kappa shape index (κ1) is 20.3. The van der Waals surface area contributed by atoms with E-state index in [1.54, 1.807) is 21.8 Å². The predicted molar refractivity (Wildman–Crippen MR) is 116 cm³/mol. The highest BCUT2D eigenvalue weighted by Gasteiger charge is 2.26. The predicted octanol–water partition coefficient (Wildman–Crippen LogP) is 3.71. The molecule has 0 aliphatic carbocycles. The molecule has 4 rings (SSSR count). The van der Waals surface area contributed by atoms with Crippen molar-refractivity contribution in [2.75, 3.05) is 44.3 Å². The average molecular weight is 434 g/mol. The fourth-order valence-corrected chi connectivity index (χ4v) is 4.69. The van der Waals surface area contributed by atoms with Crippen LogP contribution in [0.4, 0.5) is 5.13 Å². The van der Waals surface area contributed by atoms with Gasteiger partial charge in [0.2, 0.25) is 0 Å². The monoisotopic (exact) mass is 433 g/mol. The maximum atomic E-state index is 13.5. The van der Waals surface area contributed by atoms with Crippen molar-refractivity contribution in [2.45, 2.75) is 19.9 Å². The second kappa shape index (κ2) is 8.79. The van der Waals surface area contributed by atoms with Gasteiger partial charge >= 0.3 is 0 Å². The molecule has 1 aliphatic heterocycles. The standard InChI is InChI=1S/C20H24ClN5O2S/c1-14(2)26-16(6-7-22-26)19(27)25(9-8-24-10-12-28-13-11-24)20-23-18-15(21)4-3-5-17(18)29-20/h3-7,14H,8-13H2,1-2H3. The van der Waals surface area contributed by atoms with Crippen LogP contribution in [-0.2, 0) is 4.74 Å². The number of nitrogens with zero attached hydrogens (tertiary/aromatic N) is 5. The summed E-state index contributed by atoms with van der Waals surface area (Å²) in [4.78, 5) is 22.3. The molecule has 0 atom stereocenters. The largest absolute Gasteiger partial charge is 0.379 e. The molecule has 3 heterocycles. The smallest absolute Gasteiger partial charge is 0.278 e. The number of amides is 1. The zero-order chi connectivity index (χ0) is 20.4. The average Bonchev–Trinajstić information content (AvgIpc) is 3.37. The van der Waals surface area contributed by atoms with Crippen LogP contribution in [0.5, 0.6) is 0 Å². The minimum Gasteiger partial charge on any atom is -0.379 e. The molecule has 1 saturated heterocycles. The molecule has 1 fully saturated rings. The zero-order valence-corrected chi connectivity index (χ0v) is 18.1. The van der Waals surface area contributed by atoms with Gasteiger partial charge in [0.15, 0.2) is 5.13 Å². The first-order chi connectivity index (χ1) is 14.0. The highest BCUT2D eigenvalue weighted by molar-refractivity contribution is 7.22. The van der Waals surface area contributed by atoms with Crippen molar-refractivity contribution in [3.8, 4) is 0 Å². The molecule has 0 radical (unpaired) electrons. The van der Waals surface area contributed by atoms with Gasteiger partial charge in [-0.1, -0.05) is 29.0 Å². The van der Waals surface area contributed by atoms with Crippen molar-refractivity contribution in [3.63, 3.8) is 0 Å². The minimum atomic E-state index is -0.0976. The van der Waals surface area contributed by atoms with Gasteiger partial charge in [0, 0.05) is 38.4 Å². The van der Waals surface area contributed by atoms with Crippen LogP contribution in [0.15, 0.2) is 30.5 Å². The van der Waals surface area contributed by atoms with Crippen molar-refractivity contribution in [2.24, 2.45) is 0 Å². The fraction of sp³-hybridized carbons (Fsp3) is 0.450. The van der Waals surface area contributed by atoms with E-state index in [0.717, 1.165) is 43.1 Å². The molecule has 0 unspecified atom stereocenters. The third kappa shape index (κ3) is 4.30.